The summed E-state index contributed by atoms with van der Waals surface area (Å²) in [7, 11) is 0. The molecule has 0 unspecified atom stereocenters. The van der Waals surface area contributed by atoms with Crippen molar-refractivity contribution in [2.75, 3.05) is 0 Å². The Morgan fingerprint density at radius 2 is 1.81 bits per heavy atom. The van der Waals surface area contributed by atoms with Crippen LogP contribution in [-0.2, 0) is 6.54 Å². The van der Waals surface area contributed by atoms with Crippen LogP contribution in [0.25, 0.3) is 33.7 Å². The molecule has 0 amide bonds. The maximum Gasteiger partial charge on any atom is 0.205 e. The minimum atomic E-state index is 0.532. The number of pyridine rings is 1. The quantitative estimate of drug-likeness (QED) is 0.440. The Morgan fingerprint density at radius 1 is 0.969 bits per heavy atom. The van der Waals surface area contributed by atoms with E-state index in [0.29, 0.717) is 18.3 Å². The zero-order valence-corrected chi connectivity index (χ0v) is 18.1. The SMILES string of the molecule is Cc1cc(C)c2nc(C3CC3)n(Cc3ccc(-c4ccccc4)c(-c4nn[nH]n4)c3)c2n1. The summed E-state index contributed by atoms with van der Waals surface area (Å²) in [5, 5.41) is 14.9. The number of hydrogen-bond acceptors (Lipinski definition) is 5. The van der Waals surface area contributed by atoms with Crippen LogP contribution in [0.2, 0.25) is 0 Å². The summed E-state index contributed by atoms with van der Waals surface area (Å²) in [5.74, 6) is 2.27. The summed E-state index contributed by atoms with van der Waals surface area (Å²) in [6, 6.07) is 18.9. The van der Waals surface area contributed by atoms with Crippen molar-refractivity contribution >= 4 is 11.2 Å². The first kappa shape index (κ1) is 18.9. The molecule has 2 aromatic carbocycles. The molecule has 1 aliphatic rings. The van der Waals surface area contributed by atoms with E-state index in [1.54, 1.807) is 0 Å². The second kappa shape index (κ2) is 7.37. The van der Waals surface area contributed by atoms with Crippen molar-refractivity contribution in [3.8, 4) is 22.5 Å². The molecule has 1 aliphatic carbocycles. The normalized spacial score (nSPS) is 13.7. The summed E-state index contributed by atoms with van der Waals surface area (Å²) >= 11 is 0. The number of aromatic nitrogens is 7. The first-order valence-corrected chi connectivity index (χ1v) is 10.9. The summed E-state index contributed by atoms with van der Waals surface area (Å²) in [5.41, 5.74) is 8.50. The molecule has 0 saturated heterocycles. The molecule has 3 heterocycles. The van der Waals surface area contributed by atoms with E-state index in [4.69, 9.17) is 9.97 Å². The van der Waals surface area contributed by atoms with Crippen LogP contribution in [0.4, 0.5) is 0 Å². The third-order valence-corrected chi connectivity index (χ3v) is 6.09. The number of benzene rings is 2. The summed E-state index contributed by atoms with van der Waals surface area (Å²) in [6.07, 6.45) is 2.39. The second-order valence-electron chi connectivity index (χ2n) is 8.56. The van der Waals surface area contributed by atoms with Gasteiger partial charge in [-0.3, -0.25) is 0 Å². The number of nitrogens with zero attached hydrogens (tertiary/aromatic N) is 6. The van der Waals surface area contributed by atoms with E-state index in [0.717, 1.165) is 44.9 Å². The van der Waals surface area contributed by atoms with Crippen LogP contribution in [-0.4, -0.2) is 35.2 Å². The highest BCUT2D eigenvalue weighted by molar-refractivity contribution is 5.81. The lowest BCUT2D eigenvalue weighted by Crippen LogP contribution is -2.06. The summed E-state index contributed by atoms with van der Waals surface area (Å²) < 4.78 is 2.30. The maximum absolute atomic E-state index is 5.01. The Kier molecular flexibility index (Phi) is 4.35. The monoisotopic (exact) mass is 421 g/mol. The van der Waals surface area contributed by atoms with Gasteiger partial charge in [-0.1, -0.05) is 42.5 Å². The van der Waals surface area contributed by atoms with Gasteiger partial charge in [0.1, 0.15) is 11.3 Å². The fraction of sp³-hybridized carbons (Fsp3) is 0.240. The predicted molar refractivity (Wildman–Crippen MR) is 123 cm³/mol. The van der Waals surface area contributed by atoms with Crippen LogP contribution in [0.15, 0.2) is 54.6 Å². The van der Waals surface area contributed by atoms with Crippen LogP contribution < -0.4 is 0 Å². The van der Waals surface area contributed by atoms with Gasteiger partial charge >= 0.3 is 0 Å². The van der Waals surface area contributed by atoms with Gasteiger partial charge in [-0.2, -0.15) is 5.21 Å². The van der Waals surface area contributed by atoms with E-state index in [-0.39, 0.29) is 0 Å². The number of fused-ring (bicyclic) bond motifs is 1. The molecule has 0 aliphatic heterocycles. The fourth-order valence-electron chi connectivity index (χ4n) is 4.43. The highest BCUT2D eigenvalue weighted by Gasteiger charge is 2.30. The summed E-state index contributed by atoms with van der Waals surface area (Å²) in [6.45, 7) is 4.87. The van der Waals surface area contributed by atoms with E-state index in [1.807, 2.05) is 25.1 Å². The zero-order valence-electron chi connectivity index (χ0n) is 18.1. The smallest absolute Gasteiger partial charge is 0.205 e. The van der Waals surface area contributed by atoms with Gasteiger partial charge < -0.3 is 4.57 Å². The van der Waals surface area contributed by atoms with Gasteiger partial charge in [0.05, 0.1) is 6.54 Å². The molecular weight excluding hydrogens is 398 g/mol. The van der Waals surface area contributed by atoms with Crippen molar-refractivity contribution in [2.24, 2.45) is 0 Å². The van der Waals surface area contributed by atoms with E-state index in [2.05, 4.69) is 68.5 Å². The molecule has 0 radical (unpaired) electrons. The highest BCUT2D eigenvalue weighted by atomic mass is 15.5. The first-order chi connectivity index (χ1) is 15.7. The molecule has 1 N–H and O–H groups in total. The van der Waals surface area contributed by atoms with Gasteiger partial charge in [0.2, 0.25) is 5.82 Å². The number of rotatable bonds is 5. The molecule has 32 heavy (non-hydrogen) atoms. The first-order valence-electron chi connectivity index (χ1n) is 10.9. The van der Waals surface area contributed by atoms with E-state index in [1.165, 1.54) is 18.4 Å². The molecule has 158 valence electrons. The van der Waals surface area contributed by atoms with Crippen LogP contribution in [0.3, 0.4) is 0 Å². The molecule has 0 atom stereocenters. The number of aryl methyl sites for hydroxylation is 2. The van der Waals surface area contributed by atoms with Gasteiger partial charge in [0, 0.05) is 17.2 Å². The van der Waals surface area contributed by atoms with Crippen molar-refractivity contribution in [2.45, 2.75) is 39.2 Å². The second-order valence-corrected chi connectivity index (χ2v) is 8.56. The maximum atomic E-state index is 5.01. The minimum Gasteiger partial charge on any atom is -0.308 e. The molecule has 5 aromatic rings. The topological polar surface area (TPSA) is 85.2 Å². The molecule has 1 fully saturated rings. The number of aromatic amines is 1. The average Bonchev–Trinajstić information content (AvgIpc) is 3.37. The zero-order chi connectivity index (χ0) is 21.7. The number of nitrogens with one attached hydrogen (secondary N) is 1. The molecule has 0 spiro atoms. The summed E-state index contributed by atoms with van der Waals surface area (Å²) in [4.78, 5) is 9.87. The molecule has 0 bridgehead atoms. The van der Waals surface area contributed by atoms with E-state index >= 15 is 0 Å². The van der Waals surface area contributed by atoms with Gasteiger partial charge in [-0.15, -0.1) is 10.2 Å². The Bertz CT molecular complexity index is 1410. The van der Waals surface area contributed by atoms with E-state index < -0.39 is 0 Å². The molecule has 7 heteroatoms. The third-order valence-electron chi connectivity index (χ3n) is 6.09. The van der Waals surface area contributed by atoms with Crippen LogP contribution in [0.1, 0.15) is 41.4 Å². The molecule has 7 nitrogen and oxygen atoms in total. The lowest BCUT2D eigenvalue weighted by Gasteiger charge is -2.13. The highest BCUT2D eigenvalue weighted by Crippen LogP contribution is 2.41. The van der Waals surface area contributed by atoms with Gasteiger partial charge in [-0.05, 0) is 66.3 Å². The Hall–Kier alpha value is -3.87. The van der Waals surface area contributed by atoms with E-state index in [9.17, 15) is 0 Å². The average molecular weight is 422 g/mol. The fourth-order valence-corrected chi connectivity index (χ4v) is 4.43. The Morgan fingerprint density at radius 3 is 2.56 bits per heavy atom. The lowest BCUT2D eigenvalue weighted by atomic mass is 9.97. The molecular formula is C25H23N7. The van der Waals surface area contributed by atoms with Crippen LogP contribution in [0.5, 0.6) is 0 Å². The van der Waals surface area contributed by atoms with Crippen molar-refractivity contribution in [3.63, 3.8) is 0 Å². The van der Waals surface area contributed by atoms with Crippen molar-refractivity contribution in [3.05, 3.63) is 77.2 Å². The van der Waals surface area contributed by atoms with Crippen molar-refractivity contribution in [1.29, 1.82) is 0 Å². The number of hydrogen-bond donors (Lipinski definition) is 1. The predicted octanol–water partition coefficient (Wildman–Crippen LogP) is 4.82. The standard InChI is InChI=1S/C25H23N7/c1-15-12-16(2)26-25-22(15)27-24(19-9-10-19)32(25)14-17-8-11-20(18-6-4-3-5-7-18)21(13-17)23-28-30-31-29-23/h3-8,11-13,19H,9-10,14H2,1-2H3,(H,28,29,30,31). The number of tetrazole rings is 1. The van der Waals surface area contributed by atoms with Gasteiger partial charge in [-0.25, -0.2) is 9.97 Å². The van der Waals surface area contributed by atoms with Crippen molar-refractivity contribution in [1.82, 2.24) is 35.2 Å². The Balaban J connectivity index is 1.49. The van der Waals surface area contributed by atoms with Gasteiger partial charge in [0.25, 0.3) is 0 Å². The van der Waals surface area contributed by atoms with Crippen molar-refractivity contribution < 1.29 is 0 Å². The number of imidazole rings is 1. The third kappa shape index (κ3) is 3.26. The lowest BCUT2D eigenvalue weighted by molar-refractivity contribution is 0.739. The Labute approximate surface area is 185 Å². The molecule has 3 aromatic heterocycles. The van der Waals surface area contributed by atoms with Gasteiger partial charge in [0.15, 0.2) is 5.65 Å². The van der Waals surface area contributed by atoms with Crippen LogP contribution >= 0.6 is 0 Å². The number of H-pyrrole nitrogens is 1. The minimum absolute atomic E-state index is 0.532. The largest absolute Gasteiger partial charge is 0.308 e. The van der Waals surface area contributed by atoms with Crippen LogP contribution in [0, 0.1) is 13.8 Å². The molecule has 1 saturated carbocycles. The molecule has 6 rings (SSSR count).